The van der Waals surface area contributed by atoms with Gasteiger partial charge in [-0.25, -0.2) is 0 Å². The predicted molar refractivity (Wildman–Crippen MR) is 349 cm³/mol. The molecule has 0 aliphatic heterocycles. The van der Waals surface area contributed by atoms with Crippen molar-refractivity contribution < 1.29 is 13.3 Å². The molecular formula is C79H58N2O3. The third kappa shape index (κ3) is 6.72. The Morgan fingerprint density at radius 1 is 0.298 bits per heavy atom. The van der Waals surface area contributed by atoms with Crippen molar-refractivity contribution in [2.45, 2.75) is 57.8 Å². The first-order chi connectivity index (χ1) is 40.9. The number of para-hydroxylation sites is 5. The highest BCUT2D eigenvalue weighted by atomic mass is 16.3. The summed E-state index contributed by atoms with van der Waals surface area (Å²) in [7, 11) is 0. The van der Waals surface area contributed by atoms with Crippen LogP contribution in [-0.4, -0.2) is 0 Å². The van der Waals surface area contributed by atoms with E-state index < -0.39 is 5.41 Å². The molecule has 12 aromatic carbocycles. The molecule has 17 rings (SSSR count). The van der Waals surface area contributed by atoms with E-state index in [0.717, 1.165) is 127 Å². The Bertz CT molecular complexity index is 5190. The van der Waals surface area contributed by atoms with E-state index in [4.69, 9.17) is 13.3 Å². The number of furan rings is 3. The maximum absolute atomic E-state index is 7.60. The summed E-state index contributed by atoms with van der Waals surface area (Å²) in [6, 6.07) is 89.3. The van der Waals surface area contributed by atoms with Crippen molar-refractivity contribution in [2.75, 3.05) is 9.80 Å². The summed E-state index contributed by atoms with van der Waals surface area (Å²) in [6.45, 7) is 13.7. The molecule has 2 aliphatic rings. The van der Waals surface area contributed by atoms with Gasteiger partial charge >= 0.3 is 0 Å². The van der Waals surface area contributed by atoms with Crippen LogP contribution in [0.2, 0.25) is 0 Å². The van der Waals surface area contributed by atoms with Crippen LogP contribution in [0.5, 0.6) is 0 Å². The Kier molecular flexibility index (Phi) is 10.1. The molecule has 0 fully saturated rings. The molecule has 0 radical (unpaired) electrons. The largest absolute Gasteiger partial charge is 0.455 e. The molecule has 3 heterocycles. The second-order valence-electron chi connectivity index (χ2n) is 25.1. The van der Waals surface area contributed by atoms with Gasteiger partial charge in [0.15, 0.2) is 11.2 Å². The van der Waals surface area contributed by atoms with E-state index >= 15 is 0 Å². The summed E-state index contributed by atoms with van der Waals surface area (Å²) in [5.74, 6) is 0. The highest BCUT2D eigenvalue weighted by molar-refractivity contribution is 6.24. The Balaban J connectivity index is 1.04. The van der Waals surface area contributed by atoms with Gasteiger partial charge in [-0.15, -0.1) is 0 Å². The normalized spacial score (nSPS) is 13.5. The zero-order valence-corrected chi connectivity index (χ0v) is 47.7. The van der Waals surface area contributed by atoms with Crippen molar-refractivity contribution in [3.05, 3.63) is 276 Å². The second-order valence-corrected chi connectivity index (χ2v) is 25.1. The zero-order chi connectivity index (χ0) is 56.4. The van der Waals surface area contributed by atoms with E-state index in [0.29, 0.717) is 0 Å². The fourth-order valence-electron chi connectivity index (χ4n) is 14.5. The molecule has 0 N–H and O–H groups in total. The van der Waals surface area contributed by atoms with Gasteiger partial charge in [-0.05, 0) is 133 Å². The summed E-state index contributed by atoms with van der Waals surface area (Å²) >= 11 is 0. The summed E-state index contributed by atoms with van der Waals surface area (Å²) in [6.07, 6.45) is 0. The van der Waals surface area contributed by atoms with Crippen LogP contribution in [0.3, 0.4) is 0 Å². The standard InChI is InChI=1S/C79H58N2O3/c1-77(2,3)47-37-41-49(42-38-47)80(64-32-19-28-57-54-24-11-16-34-68(54)82-74(57)64)66-45-62-71(56-26-8-7-23-53(56)66)73-63(79(62)60-30-14-9-21-51(60)52-22-10-15-31-61(52)79)46-67(72-59-27-13-18-36-70(59)84-76(72)73)81(50-43-39-48(40-44-50)78(4,5)6)65-33-20-29-58-55-25-12-17-35-69(55)83-75(58)65/h7-46H,1-6H3. The fourth-order valence-corrected chi connectivity index (χ4v) is 14.5. The van der Waals surface area contributed by atoms with E-state index in [9.17, 15) is 0 Å². The molecule has 0 saturated heterocycles. The maximum Gasteiger partial charge on any atom is 0.159 e. The average molecular weight is 1080 g/mol. The van der Waals surface area contributed by atoms with Crippen molar-refractivity contribution in [3.8, 4) is 22.3 Å². The fraction of sp³-hybridized carbons (Fsp3) is 0.114. The minimum atomic E-state index is -0.835. The highest BCUT2D eigenvalue weighted by Crippen LogP contribution is 2.68. The summed E-state index contributed by atoms with van der Waals surface area (Å²) in [5, 5.41) is 8.62. The lowest BCUT2D eigenvalue weighted by Crippen LogP contribution is -2.26. The maximum atomic E-state index is 7.60. The third-order valence-electron chi connectivity index (χ3n) is 18.4. The Hall–Kier alpha value is -10.1. The van der Waals surface area contributed by atoms with Gasteiger partial charge in [0.25, 0.3) is 0 Å². The highest BCUT2D eigenvalue weighted by Gasteiger charge is 2.54. The van der Waals surface area contributed by atoms with Gasteiger partial charge in [0, 0.05) is 49.3 Å². The van der Waals surface area contributed by atoms with Gasteiger partial charge in [0.05, 0.1) is 33.6 Å². The molecule has 0 saturated carbocycles. The third-order valence-corrected chi connectivity index (χ3v) is 18.4. The molecule has 0 unspecified atom stereocenters. The van der Waals surface area contributed by atoms with Crippen LogP contribution in [0, 0.1) is 0 Å². The molecule has 402 valence electrons. The van der Waals surface area contributed by atoms with Crippen molar-refractivity contribution in [2.24, 2.45) is 0 Å². The van der Waals surface area contributed by atoms with Gasteiger partial charge < -0.3 is 23.1 Å². The number of rotatable bonds is 6. The molecule has 0 atom stereocenters. The first-order valence-corrected chi connectivity index (χ1v) is 29.3. The number of hydrogen-bond acceptors (Lipinski definition) is 5. The Labute approximate surface area is 487 Å². The number of fused-ring (bicyclic) bond motifs is 22. The van der Waals surface area contributed by atoms with Crippen molar-refractivity contribution in [1.29, 1.82) is 0 Å². The van der Waals surface area contributed by atoms with Crippen molar-refractivity contribution in [3.63, 3.8) is 0 Å². The lowest BCUT2D eigenvalue weighted by molar-refractivity contribution is 0.590. The van der Waals surface area contributed by atoms with Gasteiger partial charge in [-0.3, -0.25) is 0 Å². The first-order valence-electron chi connectivity index (χ1n) is 29.3. The predicted octanol–water partition coefficient (Wildman–Crippen LogP) is 22.4. The molecule has 2 aliphatic carbocycles. The Morgan fingerprint density at radius 3 is 1.21 bits per heavy atom. The molecule has 5 nitrogen and oxygen atoms in total. The first kappa shape index (κ1) is 48.6. The summed E-state index contributed by atoms with van der Waals surface area (Å²) in [5.41, 5.74) is 22.1. The van der Waals surface area contributed by atoms with Crippen LogP contribution in [0.1, 0.15) is 74.9 Å². The van der Waals surface area contributed by atoms with Gasteiger partial charge in [0.1, 0.15) is 22.3 Å². The van der Waals surface area contributed by atoms with Crippen molar-refractivity contribution in [1.82, 2.24) is 0 Å². The van der Waals surface area contributed by atoms with Crippen LogP contribution in [0.15, 0.2) is 256 Å². The molecule has 1 spiro atoms. The van der Waals surface area contributed by atoms with E-state index in [2.05, 4.69) is 294 Å². The molecular weight excluding hydrogens is 1020 g/mol. The van der Waals surface area contributed by atoms with Crippen LogP contribution in [0.4, 0.5) is 34.1 Å². The van der Waals surface area contributed by atoms with Gasteiger partial charge in [-0.1, -0.05) is 217 Å². The van der Waals surface area contributed by atoms with Crippen LogP contribution >= 0.6 is 0 Å². The molecule has 5 heteroatoms. The van der Waals surface area contributed by atoms with Crippen LogP contribution < -0.4 is 9.80 Å². The summed E-state index contributed by atoms with van der Waals surface area (Å²) in [4.78, 5) is 4.91. The SMILES string of the molecule is CC(C)(C)c1ccc(N(c2cc3c(c4ccccc24)-c2c(cc(N(c4ccc(C(C)(C)C)cc4)c4cccc5c4oc4ccccc45)c4c2oc2ccccc24)C32c3ccccc3-c3ccccc32)c2cccc3c2oc2ccccc23)cc1. The minimum absolute atomic E-state index is 0.0470. The smallest absolute Gasteiger partial charge is 0.159 e. The molecule has 3 aromatic heterocycles. The van der Waals surface area contributed by atoms with E-state index in [1.807, 2.05) is 0 Å². The lowest BCUT2D eigenvalue weighted by atomic mass is 9.70. The van der Waals surface area contributed by atoms with E-state index in [-0.39, 0.29) is 10.8 Å². The quantitative estimate of drug-likeness (QED) is 0.166. The van der Waals surface area contributed by atoms with Gasteiger partial charge in [-0.2, -0.15) is 0 Å². The average Bonchev–Trinajstić information content (AvgIpc) is 1.79. The van der Waals surface area contributed by atoms with Gasteiger partial charge in [0.2, 0.25) is 0 Å². The number of nitrogens with zero attached hydrogens (tertiary/aromatic N) is 2. The van der Waals surface area contributed by atoms with Crippen LogP contribution in [0.25, 0.3) is 98.8 Å². The Morgan fingerprint density at radius 2 is 0.690 bits per heavy atom. The van der Waals surface area contributed by atoms with Crippen molar-refractivity contribution >= 4 is 111 Å². The lowest BCUT2D eigenvalue weighted by Gasteiger charge is -2.34. The summed E-state index contributed by atoms with van der Waals surface area (Å²) < 4.78 is 21.7. The monoisotopic (exact) mass is 1080 g/mol. The topological polar surface area (TPSA) is 45.9 Å². The van der Waals surface area contributed by atoms with E-state index in [1.165, 1.54) is 38.9 Å². The molecule has 0 bridgehead atoms. The second kappa shape index (κ2) is 17.5. The van der Waals surface area contributed by atoms with E-state index in [1.54, 1.807) is 0 Å². The number of benzene rings is 12. The minimum Gasteiger partial charge on any atom is -0.455 e. The molecule has 84 heavy (non-hydrogen) atoms. The molecule has 0 amide bonds. The number of anilines is 6. The zero-order valence-electron chi connectivity index (χ0n) is 47.7. The van der Waals surface area contributed by atoms with Crippen LogP contribution in [-0.2, 0) is 16.2 Å². The number of hydrogen-bond donors (Lipinski definition) is 0. The molecule has 15 aromatic rings.